The van der Waals surface area contributed by atoms with E-state index >= 15 is 0 Å². The quantitative estimate of drug-likeness (QED) is 0.842. The Labute approximate surface area is 98.8 Å². The molecule has 0 spiro atoms. The second-order valence-electron chi connectivity index (χ2n) is 4.22. The molecule has 6 heteroatoms. The molecular weight excluding hydrogens is 222 g/mol. The van der Waals surface area contributed by atoms with Gasteiger partial charge in [-0.15, -0.1) is 0 Å². The minimum absolute atomic E-state index is 0.00235. The number of aromatic carboxylic acids is 1. The van der Waals surface area contributed by atoms with Crippen LogP contribution in [-0.4, -0.2) is 44.8 Å². The minimum Gasteiger partial charge on any atom is -0.478 e. The summed E-state index contributed by atoms with van der Waals surface area (Å²) >= 11 is 0. The van der Waals surface area contributed by atoms with Crippen LogP contribution in [0.1, 0.15) is 36.2 Å². The van der Waals surface area contributed by atoms with Crippen LogP contribution in [0.15, 0.2) is 12.4 Å². The number of carbonyl (C=O) groups is 2. The molecule has 1 saturated heterocycles. The van der Waals surface area contributed by atoms with E-state index in [4.69, 9.17) is 5.11 Å². The van der Waals surface area contributed by atoms with Crippen molar-refractivity contribution in [2.24, 2.45) is 0 Å². The highest BCUT2D eigenvalue weighted by molar-refractivity contribution is 5.87. The van der Waals surface area contributed by atoms with Crippen LogP contribution in [0.4, 0.5) is 0 Å². The van der Waals surface area contributed by atoms with E-state index < -0.39 is 12.0 Å². The molecular formula is C11H15N3O3. The summed E-state index contributed by atoms with van der Waals surface area (Å²) in [6.45, 7) is 3.31. The van der Waals surface area contributed by atoms with Crippen LogP contribution in [0.2, 0.25) is 0 Å². The highest BCUT2D eigenvalue weighted by atomic mass is 16.4. The average molecular weight is 237 g/mol. The first-order valence-electron chi connectivity index (χ1n) is 5.66. The molecule has 6 nitrogen and oxygen atoms in total. The van der Waals surface area contributed by atoms with Crippen LogP contribution >= 0.6 is 0 Å². The van der Waals surface area contributed by atoms with Gasteiger partial charge in [0.25, 0.3) is 0 Å². The molecule has 0 saturated carbocycles. The van der Waals surface area contributed by atoms with Gasteiger partial charge < -0.3 is 10.0 Å². The predicted octanol–water partition coefficient (Wildman–Crippen LogP) is 0.765. The van der Waals surface area contributed by atoms with Gasteiger partial charge in [0.15, 0.2) is 0 Å². The molecule has 0 aromatic carbocycles. The fraction of sp³-hybridized carbons (Fsp3) is 0.545. The molecule has 0 aliphatic carbocycles. The zero-order valence-electron chi connectivity index (χ0n) is 9.67. The van der Waals surface area contributed by atoms with Crippen molar-refractivity contribution >= 4 is 11.9 Å². The molecule has 1 aromatic rings. The van der Waals surface area contributed by atoms with Crippen LogP contribution < -0.4 is 0 Å². The van der Waals surface area contributed by atoms with Gasteiger partial charge in [0, 0.05) is 19.3 Å². The molecule has 0 unspecified atom stereocenters. The molecule has 1 fully saturated rings. The van der Waals surface area contributed by atoms with Crippen molar-refractivity contribution in [1.82, 2.24) is 14.7 Å². The maximum absolute atomic E-state index is 12.0. The third kappa shape index (κ3) is 2.30. The standard InChI is InChI=1S/C11H15N3O3/c1-8(10(15)13-4-2-3-5-13)14-7-9(6-12-14)11(16)17/h6-8H,2-5H2,1H3,(H,16,17)/t8-/m0/s1. The molecule has 17 heavy (non-hydrogen) atoms. The molecule has 1 aliphatic heterocycles. The first-order valence-corrected chi connectivity index (χ1v) is 5.66. The van der Waals surface area contributed by atoms with Crippen LogP contribution in [0.25, 0.3) is 0 Å². The van der Waals surface area contributed by atoms with Gasteiger partial charge in [-0.3, -0.25) is 9.48 Å². The van der Waals surface area contributed by atoms with Crippen LogP contribution in [0, 0.1) is 0 Å². The normalized spacial score (nSPS) is 17.1. The van der Waals surface area contributed by atoms with E-state index in [1.165, 1.54) is 17.1 Å². The van der Waals surface area contributed by atoms with Gasteiger partial charge in [-0.05, 0) is 19.8 Å². The number of amides is 1. The van der Waals surface area contributed by atoms with Crippen molar-refractivity contribution in [1.29, 1.82) is 0 Å². The van der Waals surface area contributed by atoms with Gasteiger partial charge in [0.1, 0.15) is 6.04 Å². The Bertz CT molecular complexity index is 435. The molecule has 2 rings (SSSR count). The summed E-state index contributed by atoms with van der Waals surface area (Å²) in [7, 11) is 0. The first-order chi connectivity index (χ1) is 8.09. The molecule has 1 N–H and O–H groups in total. The molecule has 0 radical (unpaired) electrons. The molecule has 1 atom stereocenters. The molecule has 1 amide bonds. The number of carboxylic acid groups (broad SMARTS) is 1. The summed E-state index contributed by atoms with van der Waals surface area (Å²) in [5.41, 5.74) is 0.103. The SMILES string of the molecule is C[C@@H](C(=O)N1CCCC1)n1cc(C(=O)O)cn1. The van der Waals surface area contributed by atoms with Gasteiger partial charge in [-0.1, -0.05) is 0 Å². The lowest BCUT2D eigenvalue weighted by Gasteiger charge is -2.20. The lowest BCUT2D eigenvalue weighted by molar-refractivity contribution is -0.133. The van der Waals surface area contributed by atoms with Gasteiger partial charge in [-0.25, -0.2) is 4.79 Å². The molecule has 2 heterocycles. The largest absolute Gasteiger partial charge is 0.478 e. The molecule has 1 aliphatic rings. The van der Waals surface area contributed by atoms with Crippen LogP contribution in [-0.2, 0) is 4.79 Å². The number of hydrogen-bond donors (Lipinski definition) is 1. The lowest BCUT2D eigenvalue weighted by Crippen LogP contribution is -2.34. The van der Waals surface area contributed by atoms with Crippen molar-refractivity contribution in [2.75, 3.05) is 13.1 Å². The van der Waals surface area contributed by atoms with Crippen molar-refractivity contribution in [3.8, 4) is 0 Å². The molecule has 1 aromatic heterocycles. The van der Waals surface area contributed by atoms with Gasteiger partial charge in [-0.2, -0.15) is 5.10 Å². The van der Waals surface area contributed by atoms with E-state index in [0.29, 0.717) is 0 Å². The number of likely N-dealkylation sites (tertiary alicyclic amines) is 1. The first kappa shape index (κ1) is 11.6. The van der Waals surface area contributed by atoms with Crippen LogP contribution in [0.3, 0.4) is 0 Å². The topological polar surface area (TPSA) is 75.4 Å². The Kier molecular flexibility index (Phi) is 3.12. The number of aromatic nitrogens is 2. The summed E-state index contributed by atoms with van der Waals surface area (Å²) in [6, 6.07) is -0.443. The number of carbonyl (C=O) groups excluding carboxylic acids is 1. The van der Waals surface area contributed by atoms with Crippen molar-refractivity contribution < 1.29 is 14.7 Å². The Morgan fingerprint density at radius 3 is 2.59 bits per heavy atom. The molecule has 0 bridgehead atoms. The predicted molar refractivity (Wildman–Crippen MR) is 59.7 cm³/mol. The van der Waals surface area contributed by atoms with Crippen LogP contribution in [0.5, 0.6) is 0 Å². The monoisotopic (exact) mass is 237 g/mol. The van der Waals surface area contributed by atoms with E-state index in [1.54, 1.807) is 11.8 Å². The Morgan fingerprint density at radius 2 is 2.06 bits per heavy atom. The number of carboxylic acids is 1. The number of nitrogens with zero attached hydrogens (tertiary/aromatic N) is 3. The fourth-order valence-electron chi connectivity index (χ4n) is 1.98. The van der Waals surface area contributed by atoms with E-state index in [-0.39, 0.29) is 11.5 Å². The number of rotatable bonds is 3. The third-order valence-corrected chi connectivity index (χ3v) is 3.02. The fourth-order valence-corrected chi connectivity index (χ4v) is 1.98. The Balaban J connectivity index is 2.09. The van der Waals surface area contributed by atoms with E-state index in [1.807, 2.05) is 0 Å². The Hall–Kier alpha value is -1.85. The van der Waals surface area contributed by atoms with Crippen molar-refractivity contribution in [3.63, 3.8) is 0 Å². The second kappa shape index (κ2) is 4.57. The maximum Gasteiger partial charge on any atom is 0.338 e. The highest BCUT2D eigenvalue weighted by Gasteiger charge is 2.25. The number of hydrogen-bond acceptors (Lipinski definition) is 3. The Morgan fingerprint density at radius 1 is 1.41 bits per heavy atom. The van der Waals surface area contributed by atoms with Gasteiger partial charge >= 0.3 is 5.97 Å². The highest BCUT2D eigenvalue weighted by Crippen LogP contribution is 2.15. The van der Waals surface area contributed by atoms with E-state index in [9.17, 15) is 9.59 Å². The van der Waals surface area contributed by atoms with E-state index in [0.717, 1.165) is 25.9 Å². The zero-order chi connectivity index (χ0) is 12.4. The summed E-state index contributed by atoms with van der Waals surface area (Å²) in [5, 5.41) is 12.7. The second-order valence-corrected chi connectivity index (χ2v) is 4.22. The zero-order valence-corrected chi connectivity index (χ0v) is 9.67. The van der Waals surface area contributed by atoms with Gasteiger partial charge in [0.2, 0.25) is 5.91 Å². The van der Waals surface area contributed by atoms with Crippen molar-refractivity contribution in [2.45, 2.75) is 25.8 Å². The van der Waals surface area contributed by atoms with E-state index in [2.05, 4.69) is 5.10 Å². The van der Waals surface area contributed by atoms with Gasteiger partial charge in [0.05, 0.1) is 11.8 Å². The smallest absolute Gasteiger partial charge is 0.338 e. The summed E-state index contributed by atoms with van der Waals surface area (Å²) < 4.78 is 1.41. The summed E-state index contributed by atoms with van der Waals surface area (Å²) in [4.78, 5) is 24.6. The minimum atomic E-state index is -1.03. The lowest BCUT2D eigenvalue weighted by atomic mass is 10.3. The third-order valence-electron chi connectivity index (χ3n) is 3.02. The summed E-state index contributed by atoms with van der Waals surface area (Å²) in [5.74, 6) is -1.03. The maximum atomic E-state index is 12.0. The average Bonchev–Trinajstić information content (AvgIpc) is 2.97. The van der Waals surface area contributed by atoms with Crippen molar-refractivity contribution in [3.05, 3.63) is 18.0 Å². The molecule has 92 valence electrons. The summed E-state index contributed by atoms with van der Waals surface area (Å²) in [6.07, 6.45) is 4.73.